The summed E-state index contributed by atoms with van der Waals surface area (Å²) in [5.41, 5.74) is -0.420. The second-order valence-corrected chi connectivity index (χ2v) is 7.30. The SMILES string of the molecule is COCCOC(Oc1cc[c]cc1)(C(C)(C)C)C(C)(C)C. The van der Waals surface area contributed by atoms with Crippen LogP contribution in [0.5, 0.6) is 5.75 Å². The van der Waals surface area contributed by atoms with E-state index in [9.17, 15) is 0 Å². The van der Waals surface area contributed by atoms with Crippen LogP contribution in [-0.2, 0) is 9.47 Å². The van der Waals surface area contributed by atoms with Crippen molar-refractivity contribution in [2.45, 2.75) is 47.3 Å². The van der Waals surface area contributed by atoms with Crippen LogP contribution >= 0.6 is 0 Å². The Morgan fingerprint density at radius 3 is 1.86 bits per heavy atom. The molecule has 1 radical (unpaired) electrons. The maximum absolute atomic E-state index is 6.38. The summed E-state index contributed by atoms with van der Waals surface area (Å²) in [6.45, 7) is 13.9. The Morgan fingerprint density at radius 1 is 0.905 bits per heavy atom. The lowest BCUT2D eigenvalue weighted by molar-refractivity contribution is -0.298. The van der Waals surface area contributed by atoms with Crippen molar-refractivity contribution in [3.05, 3.63) is 30.3 Å². The molecule has 0 heterocycles. The first-order chi connectivity index (χ1) is 9.64. The van der Waals surface area contributed by atoms with Gasteiger partial charge in [0.15, 0.2) is 0 Å². The molecule has 0 aromatic heterocycles. The average molecular weight is 293 g/mol. The third kappa shape index (κ3) is 4.21. The van der Waals surface area contributed by atoms with Crippen molar-refractivity contribution >= 4 is 0 Å². The summed E-state index contributed by atoms with van der Waals surface area (Å²) >= 11 is 0. The van der Waals surface area contributed by atoms with Crippen LogP contribution in [0.2, 0.25) is 0 Å². The summed E-state index contributed by atoms with van der Waals surface area (Å²) in [4.78, 5) is 0. The summed E-state index contributed by atoms with van der Waals surface area (Å²) in [5.74, 6) is 0.0240. The van der Waals surface area contributed by atoms with Crippen LogP contribution in [0.25, 0.3) is 0 Å². The van der Waals surface area contributed by atoms with Crippen LogP contribution in [0.1, 0.15) is 41.5 Å². The van der Waals surface area contributed by atoms with Gasteiger partial charge < -0.3 is 14.2 Å². The highest BCUT2D eigenvalue weighted by atomic mass is 16.7. The zero-order valence-electron chi connectivity index (χ0n) is 14.4. The maximum atomic E-state index is 6.38. The Bertz CT molecular complexity index is 398. The third-order valence-corrected chi connectivity index (χ3v) is 3.52. The molecule has 0 bridgehead atoms. The summed E-state index contributed by atoms with van der Waals surface area (Å²) in [5, 5.41) is 0. The summed E-state index contributed by atoms with van der Waals surface area (Å²) < 4.78 is 17.8. The molecule has 0 aliphatic rings. The van der Waals surface area contributed by atoms with E-state index in [0.29, 0.717) is 13.2 Å². The number of methoxy groups -OCH3 is 1. The molecule has 0 aliphatic carbocycles. The van der Waals surface area contributed by atoms with Gasteiger partial charge in [-0.05, 0) is 18.2 Å². The first kappa shape index (κ1) is 18.0. The molecule has 0 fully saturated rings. The minimum atomic E-state index is -0.764. The van der Waals surface area contributed by atoms with Crippen LogP contribution in [0.15, 0.2) is 24.3 Å². The van der Waals surface area contributed by atoms with Gasteiger partial charge in [0, 0.05) is 17.9 Å². The number of hydrogen-bond acceptors (Lipinski definition) is 3. The van der Waals surface area contributed by atoms with Gasteiger partial charge in [-0.25, -0.2) is 0 Å². The number of benzene rings is 1. The Labute approximate surface area is 129 Å². The van der Waals surface area contributed by atoms with Gasteiger partial charge in [-0.15, -0.1) is 0 Å². The van der Waals surface area contributed by atoms with E-state index in [-0.39, 0.29) is 10.8 Å². The Kier molecular flexibility index (Phi) is 5.83. The largest absolute Gasteiger partial charge is 0.461 e. The van der Waals surface area contributed by atoms with Gasteiger partial charge in [-0.3, -0.25) is 0 Å². The first-order valence-corrected chi connectivity index (χ1v) is 7.42. The molecule has 0 N–H and O–H groups in total. The van der Waals surface area contributed by atoms with Gasteiger partial charge in [-0.1, -0.05) is 53.7 Å². The van der Waals surface area contributed by atoms with E-state index in [1.165, 1.54) is 0 Å². The Hall–Kier alpha value is -1.06. The molecular weight excluding hydrogens is 264 g/mol. The fraction of sp³-hybridized carbons (Fsp3) is 0.667. The lowest BCUT2D eigenvalue weighted by atomic mass is 9.70. The molecule has 3 heteroatoms. The van der Waals surface area contributed by atoms with E-state index in [4.69, 9.17) is 14.2 Å². The molecule has 119 valence electrons. The first-order valence-electron chi connectivity index (χ1n) is 7.42. The highest BCUT2D eigenvalue weighted by Gasteiger charge is 2.54. The zero-order chi connectivity index (χ0) is 16.1. The predicted molar refractivity (Wildman–Crippen MR) is 85.4 cm³/mol. The van der Waals surface area contributed by atoms with Gasteiger partial charge in [0.1, 0.15) is 5.75 Å². The van der Waals surface area contributed by atoms with Crippen LogP contribution < -0.4 is 4.74 Å². The van der Waals surface area contributed by atoms with Crippen molar-refractivity contribution in [3.63, 3.8) is 0 Å². The van der Waals surface area contributed by atoms with E-state index < -0.39 is 5.79 Å². The predicted octanol–water partition coefficient (Wildman–Crippen LogP) is 4.32. The standard InChI is InChI=1S/C18H29O3/c1-16(2,3)18(17(4,5)6,20-14-13-19-7)21-15-11-9-8-10-12-15/h9-12H,13-14H2,1-7H3. The van der Waals surface area contributed by atoms with Crippen molar-refractivity contribution in [2.75, 3.05) is 20.3 Å². The van der Waals surface area contributed by atoms with Crippen LogP contribution in [0.3, 0.4) is 0 Å². The normalized spacial score (nSPS) is 13.3. The fourth-order valence-electron chi connectivity index (χ4n) is 2.77. The monoisotopic (exact) mass is 293 g/mol. The van der Waals surface area contributed by atoms with Crippen molar-refractivity contribution < 1.29 is 14.2 Å². The van der Waals surface area contributed by atoms with E-state index in [2.05, 4.69) is 47.6 Å². The van der Waals surface area contributed by atoms with E-state index in [1.807, 2.05) is 24.3 Å². The van der Waals surface area contributed by atoms with Gasteiger partial charge in [0.05, 0.1) is 13.2 Å². The Balaban J connectivity index is 3.17. The number of rotatable bonds is 6. The molecule has 0 spiro atoms. The molecule has 1 rings (SSSR count). The quantitative estimate of drug-likeness (QED) is 0.577. The Morgan fingerprint density at radius 2 is 1.43 bits per heavy atom. The van der Waals surface area contributed by atoms with E-state index >= 15 is 0 Å². The van der Waals surface area contributed by atoms with E-state index in [0.717, 1.165) is 5.75 Å². The molecule has 1 aromatic carbocycles. The topological polar surface area (TPSA) is 27.7 Å². The molecule has 21 heavy (non-hydrogen) atoms. The molecule has 0 amide bonds. The number of hydrogen-bond donors (Lipinski definition) is 0. The van der Waals surface area contributed by atoms with Crippen LogP contribution in [0, 0.1) is 16.9 Å². The van der Waals surface area contributed by atoms with Crippen LogP contribution in [0.4, 0.5) is 0 Å². The minimum Gasteiger partial charge on any atom is -0.461 e. The lowest BCUT2D eigenvalue weighted by Gasteiger charge is -2.51. The van der Waals surface area contributed by atoms with Gasteiger partial charge in [0.2, 0.25) is 5.79 Å². The molecule has 0 saturated carbocycles. The van der Waals surface area contributed by atoms with Gasteiger partial charge in [-0.2, -0.15) is 0 Å². The molecule has 1 aromatic rings. The van der Waals surface area contributed by atoms with E-state index in [1.54, 1.807) is 7.11 Å². The van der Waals surface area contributed by atoms with Crippen molar-refractivity contribution in [3.8, 4) is 5.75 Å². The molecular formula is C18H29O3. The molecule has 0 aliphatic heterocycles. The zero-order valence-corrected chi connectivity index (χ0v) is 14.4. The molecule has 0 saturated heterocycles. The second kappa shape index (κ2) is 6.80. The van der Waals surface area contributed by atoms with Crippen molar-refractivity contribution in [1.29, 1.82) is 0 Å². The molecule has 0 unspecified atom stereocenters. The van der Waals surface area contributed by atoms with Gasteiger partial charge >= 0.3 is 0 Å². The van der Waals surface area contributed by atoms with Gasteiger partial charge in [0.25, 0.3) is 0 Å². The fourth-order valence-corrected chi connectivity index (χ4v) is 2.77. The average Bonchev–Trinajstić information content (AvgIpc) is 2.36. The minimum absolute atomic E-state index is 0.210. The smallest absolute Gasteiger partial charge is 0.220 e. The highest BCUT2D eigenvalue weighted by molar-refractivity contribution is 5.22. The van der Waals surface area contributed by atoms with Crippen molar-refractivity contribution in [1.82, 2.24) is 0 Å². The third-order valence-electron chi connectivity index (χ3n) is 3.52. The number of ether oxygens (including phenoxy) is 3. The van der Waals surface area contributed by atoms with Crippen molar-refractivity contribution in [2.24, 2.45) is 10.8 Å². The lowest BCUT2D eigenvalue weighted by Crippen LogP contribution is -2.59. The van der Waals surface area contributed by atoms with Crippen LogP contribution in [-0.4, -0.2) is 26.1 Å². The second-order valence-electron chi connectivity index (χ2n) is 7.30. The summed E-state index contributed by atoms with van der Waals surface area (Å²) in [6, 6.07) is 10.5. The molecule has 3 nitrogen and oxygen atoms in total. The summed E-state index contributed by atoms with van der Waals surface area (Å²) in [7, 11) is 1.67. The summed E-state index contributed by atoms with van der Waals surface area (Å²) in [6.07, 6.45) is 0. The molecule has 0 atom stereocenters. The maximum Gasteiger partial charge on any atom is 0.220 e. The highest BCUT2D eigenvalue weighted by Crippen LogP contribution is 2.47.